The maximum atomic E-state index is 5.26. The van der Waals surface area contributed by atoms with Crippen molar-refractivity contribution in [3.63, 3.8) is 0 Å². The van der Waals surface area contributed by atoms with E-state index in [0.717, 1.165) is 11.0 Å². The van der Waals surface area contributed by atoms with Crippen LogP contribution in [-0.2, 0) is 0 Å². The molecule has 72 valence electrons. The molecule has 0 aliphatic rings. The maximum Gasteiger partial charge on any atom is 0.351 e. The van der Waals surface area contributed by atoms with Gasteiger partial charge in [-0.05, 0) is 17.3 Å². The first-order chi connectivity index (χ1) is 6.77. The minimum absolute atomic E-state index is 0.819. The predicted molar refractivity (Wildman–Crippen MR) is 52.3 cm³/mol. The molecule has 0 fully saturated rings. The van der Waals surface area contributed by atoms with E-state index in [1.807, 2.05) is 38.4 Å². The molecule has 1 heterocycles. The van der Waals surface area contributed by atoms with Gasteiger partial charge in [-0.1, -0.05) is 17.0 Å². The number of nitrogens with zero attached hydrogens (tertiary/aromatic N) is 4. The summed E-state index contributed by atoms with van der Waals surface area (Å²) in [5.41, 5.74) is 1.67. The van der Waals surface area contributed by atoms with Crippen LogP contribution in [0, 0.1) is 0 Å². The van der Waals surface area contributed by atoms with Gasteiger partial charge in [0.1, 0.15) is 25.1 Å². The summed E-state index contributed by atoms with van der Waals surface area (Å²) in [6.07, 6.45) is 1.56. The lowest BCUT2D eigenvalue weighted by molar-refractivity contribution is -0.468. The van der Waals surface area contributed by atoms with Crippen LogP contribution >= 0.6 is 0 Å². The average molecular weight is 191 g/mol. The second-order valence-corrected chi connectivity index (χ2v) is 3.13. The van der Waals surface area contributed by atoms with E-state index in [1.165, 1.54) is 4.85 Å². The van der Waals surface area contributed by atoms with Crippen molar-refractivity contribution in [1.29, 1.82) is 0 Å². The quantitative estimate of drug-likeness (QED) is 0.386. The molecule has 0 bridgehead atoms. The molecule has 5 nitrogen and oxygen atoms in total. The average Bonchev–Trinajstić information content (AvgIpc) is 2.58. The highest BCUT2D eigenvalue weighted by atomic mass is 16.7. The smallest absolute Gasteiger partial charge is 0.299 e. The van der Waals surface area contributed by atoms with Gasteiger partial charge in [0.2, 0.25) is 0 Å². The zero-order valence-electron chi connectivity index (χ0n) is 8.08. The number of hydrogen-bond acceptors (Lipinski definition) is 3. The summed E-state index contributed by atoms with van der Waals surface area (Å²) < 4.78 is 1.79. The molecule has 1 aromatic heterocycles. The van der Waals surface area contributed by atoms with Gasteiger partial charge in [-0.15, -0.1) is 5.10 Å². The molecule has 1 aromatic carbocycles. The van der Waals surface area contributed by atoms with Crippen LogP contribution in [0.25, 0.3) is 11.0 Å². The lowest BCUT2D eigenvalue weighted by Gasteiger charge is -1.95. The Balaban J connectivity index is 2.38. The molecule has 2 rings (SSSR count). The maximum absolute atomic E-state index is 5.26. The Morgan fingerprint density at radius 1 is 1.36 bits per heavy atom. The Hall–Kier alpha value is -1.91. The Labute approximate surface area is 81.2 Å². The third-order valence-electron chi connectivity index (χ3n) is 1.68. The van der Waals surface area contributed by atoms with Crippen molar-refractivity contribution < 1.29 is 9.41 Å². The van der Waals surface area contributed by atoms with Crippen LogP contribution in [0.5, 0.6) is 0 Å². The second kappa shape index (κ2) is 3.45. The molecule has 0 aliphatic heterocycles. The molecule has 14 heavy (non-hydrogen) atoms. The number of benzene rings is 1. The molecular weight excluding hydrogens is 180 g/mol. The lowest BCUT2D eigenvalue weighted by Crippen LogP contribution is -2.16. The SMILES string of the molecule is C[N+](C)=COn1nnc2ccccc21. The predicted octanol–water partition coefficient (Wildman–Crippen LogP) is 0.160. The van der Waals surface area contributed by atoms with E-state index in [2.05, 4.69) is 10.3 Å². The zero-order valence-corrected chi connectivity index (χ0v) is 8.08. The fraction of sp³-hybridized carbons (Fsp3) is 0.222. The van der Waals surface area contributed by atoms with Crippen LogP contribution in [0.4, 0.5) is 0 Å². The number of aromatic nitrogens is 3. The number of para-hydroxylation sites is 1. The Morgan fingerprint density at radius 2 is 2.14 bits per heavy atom. The summed E-state index contributed by atoms with van der Waals surface area (Å²) in [6, 6.07) is 7.62. The van der Waals surface area contributed by atoms with Crippen molar-refractivity contribution in [2.24, 2.45) is 0 Å². The van der Waals surface area contributed by atoms with Gasteiger partial charge in [0.05, 0.1) is 0 Å². The third-order valence-corrected chi connectivity index (χ3v) is 1.68. The van der Waals surface area contributed by atoms with Crippen LogP contribution in [0.2, 0.25) is 0 Å². The van der Waals surface area contributed by atoms with Gasteiger partial charge in [0.15, 0.2) is 0 Å². The highest BCUT2D eigenvalue weighted by Gasteiger charge is 2.03. The van der Waals surface area contributed by atoms with Crippen LogP contribution in [-0.4, -0.2) is 40.2 Å². The Bertz CT molecular complexity index is 470. The molecule has 0 saturated heterocycles. The zero-order chi connectivity index (χ0) is 9.97. The standard InChI is InChI=1S/C9H11N4O/c1-12(2)7-14-13-9-6-4-3-5-8(9)10-11-13/h3-7H,1-2H3/q+1. The summed E-state index contributed by atoms with van der Waals surface area (Å²) in [6.45, 7) is 0. The molecule has 0 atom stereocenters. The summed E-state index contributed by atoms with van der Waals surface area (Å²) in [7, 11) is 3.75. The topological polar surface area (TPSA) is 43.0 Å². The Morgan fingerprint density at radius 3 is 2.93 bits per heavy atom. The summed E-state index contributed by atoms with van der Waals surface area (Å²) in [4.78, 5) is 6.65. The van der Waals surface area contributed by atoms with E-state index in [0.29, 0.717) is 0 Å². The fourth-order valence-electron chi connectivity index (χ4n) is 1.06. The van der Waals surface area contributed by atoms with E-state index in [9.17, 15) is 0 Å². The van der Waals surface area contributed by atoms with Gasteiger partial charge in [-0.3, -0.25) is 4.84 Å². The number of hydrogen-bond donors (Lipinski definition) is 0. The van der Waals surface area contributed by atoms with Crippen LogP contribution < -0.4 is 4.84 Å². The molecular formula is C9H11N4O+. The molecule has 0 radical (unpaired) electrons. The number of rotatable bonds is 2. The van der Waals surface area contributed by atoms with E-state index in [1.54, 1.807) is 11.0 Å². The highest BCUT2D eigenvalue weighted by Crippen LogP contribution is 2.07. The summed E-state index contributed by atoms with van der Waals surface area (Å²) >= 11 is 0. The molecule has 0 N–H and O–H groups in total. The Kier molecular flexibility index (Phi) is 2.14. The number of fused-ring (bicyclic) bond motifs is 1. The summed E-state index contributed by atoms with van der Waals surface area (Å²) in [5.74, 6) is 0. The summed E-state index contributed by atoms with van der Waals surface area (Å²) in [5, 5.41) is 7.80. The van der Waals surface area contributed by atoms with E-state index >= 15 is 0 Å². The van der Waals surface area contributed by atoms with Gasteiger partial charge in [-0.25, -0.2) is 4.58 Å². The molecule has 0 saturated carbocycles. The molecule has 2 aromatic rings. The van der Waals surface area contributed by atoms with Crippen LogP contribution in [0.1, 0.15) is 0 Å². The van der Waals surface area contributed by atoms with Crippen LogP contribution in [0.3, 0.4) is 0 Å². The molecule has 5 heteroatoms. The minimum Gasteiger partial charge on any atom is -0.299 e. The van der Waals surface area contributed by atoms with Crippen LogP contribution in [0.15, 0.2) is 24.3 Å². The molecule has 0 unspecified atom stereocenters. The minimum atomic E-state index is 0.819. The molecule has 0 spiro atoms. The first-order valence-electron chi connectivity index (χ1n) is 4.25. The van der Waals surface area contributed by atoms with Crippen molar-refractivity contribution in [2.45, 2.75) is 0 Å². The normalized spacial score (nSPS) is 10.1. The molecule has 0 aliphatic carbocycles. The van der Waals surface area contributed by atoms with E-state index < -0.39 is 0 Å². The van der Waals surface area contributed by atoms with Gasteiger partial charge in [0, 0.05) is 0 Å². The van der Waals surface area contributed by atoms with Gasteiger partial charge in [0.25, 0.3) is 0 Å². The first kappa shape index (κ1) is 8.68. The van der Waals surface area contributed by atoms with Gasteiger partial charge < -0.3 is 0 Å². The lowest BCUT2D eigenvalue weighted by atomic mass is 10.3. The van der Waals surface area contributed by atoms with Crippen molar-refractivity contribution >= 4 is 17.4 Å². The fourth-order valence-corrected chi connectivity index (χ4v) is 1.06. The van der Waals surface area contributed by atoms with Crippen molar-refractivity contribution in [2.75, 3.05) is 14.1 Å². The van der Waals surface area contributed by atoms with Gasteiger partial charge in [-0.2, -0.15) is 0 Å². The third kappa shape index (κ3) is 1.56. The van der Waals surface area contributed by atoms with Crippen molar-refractivity contribution in [3.05, 3.63) is 24.3 Å². The highest BCUT2D eigenvalue weighted by molar-refractivity contribution is 5.73. The van der Waals surface area contributed by atoms with Crippen molar-refractivity contribution in [3.8, 4) is 0 Å². The van der Waals surface area contributed by atoms with Gasteiger partial charge >= 0.3 is 6.40 Å². The first-order valence-corrected chi connectivity index (χ1v) is 4.25. The monoisotopic (exact) mass is 191 g/mol. The van der Waals surface area contributed by atoms with E-state index in [4.69, 9.17) is 4.84 Å². The molecule has 0 amide bonds. The largest absolute Gasteiger partial charge is 0.351 e. The van der Waals surface area contributed by atoms with Crippen molar-refractivity contribution in [1.82, 2.24) is 15.2 Å². The van der Waals surface area contributed by atoms with E-state index in [-0.39, 0.29) is 0 Å². The second-order valence-electron chi connectivity index (χ2n) is 3.13.